The second-order valence-corrected chi connectivity index (χ2v) is 8.66. The van der Waals surface area contributed by atoms with Crippen LogP contribution in [0.15, 0.2) is 12.2 Å². The van der Waals surface area contributed by atoms with Gasteiger partial charge in [0, 0.05) is 31.6 Å². The Kier molecular flexibility index (Phi) is 9.14. The molecule has 0 amide bonds. The van der Waals surface area contributed by atoms with E-state index in [-0.39, 0.29) is 24.2 Å². The van der Waals surface area contributed by atoms with E-state index < -0.39 is 5.60 Å². The molecular weight excluding hydrogens is 372 g/mol. The molecule has 2 rings (SSSR count). The Hall–Kier alpha value is -0.950. The van der Waals surface area contributed by atoms with E-state index in [1.54, 1.807) is 6.92 Å². The zero-order valence-electron chi connectivity index (χ0n) is 19.0. The lowest BCUT2D eigenvalue weighted by atomic mass is 9.62. The van der Waals surface area contributed by atoms with Gasteiger partial charge in [0.05, 0.1) is 12.2 Å². The maximum absolute atomic E-state index is 12.5. The number of fused-ring (bicyclic) bond motifs is 2. The van der Waals surface area contributed by atoms with Crippen LogP contribution in [0.25, 0.3) is 0 Å². The lowest BCUT2D eigenvalue weighted by Gasteiger charge is -2.53. The molecule has 0 saturated heterocycles. The van der Waals surface area contributed by atoms with Crippen LogP contribution in [0.4, 0.5) is 0 Å². The van der Waals surface area contributed by atoms with Crippen molar-refractivity contribution >= 4 is 5.97 Å². The Bertz CT molecular complexity index is 549. The normalized spacial score (nSPS) is 31.1. The fourth-order valence-electron chi connectivity index (χ4n) is 5.03. The Morgan fingerprint density at radius 3 is 2.45 bits per heavy atom. The van der Waals surface area contributed by atoms with Gasteiger partial charge in [-0.3, -0.25) is 0 Å². The maximum atomic E-state index is 12.5. The van der Waals surface area contributed by atoms with Crippen molar-refractivity contribution in [1.29, 1.82) is 0 Å². The summed E-state index contributed by atoms with van der Waals surface area (Å²) in [5.41, 5.74) is -0.519. The zero-order chi connectivity index (χ0) is 21.5. The highest BCUT2D eigenvalue weighted by Gasteiger charge is 2.53. The second-order valence-electron chi connectivity index (χ2n) is 8.66. The van der Waals surface area contributed by atoms with Gasteiger partial charge in [-0.25, -0.2) is 4.79 Å². The molecule has 2 saturated carbocycles. The summed E-state index contributed by atoms with van der Waals surface area (Å²) in [6.45, 7) is 14.9. The second kappa shape index (κ2) is 10.9. The van der Waals surface area contributed by atoms with Crippen molar-refractivity contribution in [2.75, 3.05) is 19.8 Å². The van der Waals surface area contributed by atoms with Crippen molar-refractivity contribution in [3.05, 3.63) is 12.2 Å². The first-order chi connectivity index (χ1) is 13.7. The SMILES string of the molecule is C=C(C)C(=O)OC1(CCOC(C)OCC)CC2CCCC(OC(C)OCC)(C2)C1. The molecule has 0 heterocycles. The molecule has 6 heteroatoms. The minimum absolute atomic E-state index is 0.277. The summed E-state index contributed by atoms with van der Waals surface area (Å²) < 4.78 is 29.5. The third-order valence-corrected chi connectivity index (χ3v) is 6.00. The summed E-state index contributed by atoms with van der Waals surface area (Å²) in [6.07, 6.45) is 5.79. The number of carbonyl (C=O) groups excluding carboxylic acids is 1. The molecule has 0 spiro atoms. The fourth-order valence-corrected chi connectivity index (χ4v) is 5.03. The summed E-state index contributed by atoms with van der Waals surface area (Å²) in [6, 6.07) is 0. The first kappa shape index (κ1) is 24.3. The summed E-state index contributed by atoms with van der Waals surface area (Å²) in [5, 5.41) is 0. The van der Waals surface area contributed by atoms with E-state index in [9.17, 15) is 4.79 Å². The Balaban J connectivity index is 2.18. The smallest absolute Gasteiger partial charge is 0.333 e. The van der Waals surface area contributed by atoms with Gasteiger partial charge in [0.2, 0.25) is 0 Å². The van der Waals surface area contributed by atoms with Gasteiger partial charge >= 0.3 is 5.97 Å². The zero-order valence-corrected chi connectivity index (χ0v) is 19.0. The van der Waals surface area contributed by atoms with E-state index >= 15 is 0 Å². The highest BCUT2D eigenvalue weighted by atomic mass is 16.7. The average molecular weight is 413 g/mol. The fraction of sp³-hybridized carbons (Fsp3) is 0.870. The van der Waals surface area contributed by atoms with Gasteiger partial charge in [-0.05, 0) is 59.8 Å². The number of ether oxygens (including phenoxy) is 5. The Morgan fingerprint density at radius 2 is 1.79 bits per heavy atom. The Morgan fingerprint density at radius 1 is 1.10 bits per heavy atom. The Labute approximate surface area is 176 Å². The molecule has 6 nitrogen and oxygen atoms in total. The van der Waals surface area contributed by atoms with E-state index in [0.29, 0.717) is 44.2 Å². The van der Waals surface area contributed by atoms with Crippen LogP contribution < -0.4 is 0 Å². The molecule has 2 fully saturated rings. The standard InChI is InChI=1S/C23H40O6/c1-7-25-18(5)27-13-12-23(29-21(24)17(3)4)15-20-10-9-11-22(14-20,16-23)28-19(6)26-8-2/h18-20H,3,7-16H2,1-2,4-6H3. The monoisotopic (exact) mass is 412 g/mol. The van der Waals surface area contributed by atoms with Gasteiger partial charge < -0.3 is 23.7 Å². The van der Waals surface area contributed by atoms with Crippen molar-refractivity contribution in [2.45, 2.75) is 103 Å². The maximum Gasteiger partial charge on any atom is 0.333 e. The minimum Gasteiger partial charge on any atom is -0.456 e. The van der Waals surface area contributed by atoms with Crippen LogP contribution in [0.5, 0.6) is 0 Å². The van der Waals surface area contributed by atoms with Crippen molar-refractivity contribution in [1.82, 2.24) is 0 Å². The largest absolute Gasteiger partial charge is 0.456 e. The van der Waals surface area contributed by atoms with Gasteiger partial charge in [-0.2, -0.15) is 0 Å². The minimum atomic E-state index is -0.614. The van der Waals surface area contributed by atoms with Crippen LogP contribution in [0, 0.1) is 5.92 Å². The summed E-state index contributed by atoms with van der Waals surface area (Å²) in [5.74, 6) is 0.129. The lowest BCUT2D eigenvalue weighted by Crippen LogP contribution is -2.55. The molecule has 0 aromatic heterocycles. The third-order valence-electron chi connectivity index (χ3n) is 6.00. The van der Waals surface area contributed by atoms with Crippen LogP contribution >= 0.6 is 0 Å². The molecule has 0 aromatic rings. The molecule has 5 unspecified atom stereocenters. The summed E-state index contributed by atoms with van der Waals surface area (Å²) >= 11 is 0. The molecule has 2 aliphatic carbocycles. The molecule has 5 atom stereocenters. The molecular formula is C23H40O6. The van der Waals surface area contributed by atoms with Gasteiger partial charge in [0.25, 0.3) is 0 Å². The summed E-state index contributed by atoms with van der Waals surface area (Å²) in [4.78, 5) is 12.5. The van der Waals surface area contributed by atoms with Crippen molar-refractivity contribution in [3.63, 3.8) is 0 Å². The molecule has 0 N–H and O–H groups in total. The van der Waals surface area contributed by atoms with Crippen molar-refractivity contribution < 1.29 is 28.5 Å². The number of esters is 1. The molecule has 2 bridgehead atoms. The highest BCUT2D eigenvalue weighted by Crippen LogP contribution is 2.52. The van der Waals surface area contributed by atoms with Crippen LogP contribution in [-0.4, -0.2) is 49.6 Å². The predicted molar refractivity (Wildman–Crippen MR) is 111 cm³/mol. The topological polar surface area (TPSA) is 63.2 Å². The van der Waals surface area contributed by atoms with Crippen LogP contribution in [-0.2, 0) is 28.5 Å². The van der Waals surface area contributed by atoms with Crippen molar-refractivity contribution in [3.8, 4) is 0 Å². The first-order valence-corrected chi connectivity index (χ1v) is 11.1. The van der Waals surface area contributed by atoms with E-state index in [1.165, 1.54) is 0 Å². The van der Waals surface area contributed by atoms with E-state index in [0.717, 1.165) is 32.1 Å². The average Bonchev–Trinajstić information content (AvgIpc) is 2.61. The number of rotatable bonds is 12. The summed E-state index contributed by atoms with van der Waals surface area (Å²) in [7, 11) is 0. The lowest BCUT2D eigenvalue weighted by molar-refractivity contribution is -0.253. The quantitative estimate of drug-likeness (QED) is 0.262. The molecule has 29 heavy (non-hydrogen) atoms. The number of hydrogen-bond donors (Lipinski definition) is 0. The van der Waals surface area contributed by atoms with Gasteiger partial charge in [-0.1, -0.05) is 19.4 Å². The molecule has 0 aromatic carbocycles. The first-order valence-electron chi connectivity index (χ1n) is 11.1. The van der Waals surface area contributed by atoms with Gasteiger partial charge in [0.15, 0.2) is 12.6 Å². The highest BCUT2D eigenvalue weighted by molar-refractivity contribution is 5.87. The molecule has 2 aliphatic rings. The van der Waals surface area contributed by atoms with E-state index in [1.807, 2.05) is 27.7 Å². The van der Waals surface area contributed by atoms with E-state index in [4.69, 9.17) is 23.7 Å². The van der Waals surface area contributed by atoms with Crippen LogP contribution in [0.2, 0.25) is 0 Å². The van der Waals surface area contributed by atoms with Gasteiger partial charge in [0.1, 0.15) is 5.60 Å². The molecule has 168 valence electrons. The third kappa shape index (κ3) is 7.06. The van der Waals surface area contributed by atoms with Crippen molar-refractivity contribution in [2.24, 2.45) is 5.92 Å². The molecule has 0 aliphatic heterocycles. The number of hydrogen-bond acceptors (Lipinski definition) is 6. The van der Waals surface area contributed by atoms with Crippen LogP contribution in [0.1, 0.15) is 79.6 Å². The van der Waals surface area contributed by atoms with Gasteiger partial charge in [-0.15, -0.1) is 0 Å². The molecule has 0 radical (unpaired) electrons. The number of carbonyl (C=O) groups is 1. The van der Waals surface area contributed by atoms with E-state index in [2.05, 4.69) is 6.58 Å². The predicted octanol–water partition coefficient (Wildman–Crippen LogP) is 4.76. The van der Waals surface area contributed by atoms with Crippen LogP contribution in [0.3, 0.4) is 0 Å².